The van der Waals surface area contributed by atoms with E-state index in [1.165, 1.54) is 25.3 Å². The van der Waals surface area contributed by atoms with E-state index in [1.807, 2.05) is 6.07 Å². The Morgan fingerprint density at radius 1 is 1.13 bits per heavy atom. The van der Waals surface area contributed by atoms with Crippen LogP contribution in [0.3, 0.4) is 0 Å². The zero-order valence-corrected chi connectivity index (χ0v) is 17.0. The number of piperidine rings is 1. The number of ether oxygens (including phenoxy) is 1. The Morgan fingerprint density at radius 2 is 1.84 bits per heavy atom. The van der Waals surface area contributed by atoms with Gasteiger partial charge >= 0.3 is 5.97 Å². The highest BCUT2D eigenvalue weighted by molar-refractivity contribution is 5.97. The van der Waals surface area contributed by atoms with E-state index in [2.05, 4.69) is 9.97 Å². The Hall–Kier alpha value is -3.55. The number of aromatic hydroxyl groups is 1. The zero-order chi connectivity index (χ0) is 22.0. The minimum atomic E-state index is -0.710. The van der Waals surface area contributed by atoms with Crippen molar-refractivity contribution in [2.75, 3.05) is 13.1 Å². The molecule has 2 aromatic heterocycles. The Labute approximate surface area is 178 Å². The molecule has 0 radical (unpaired) electrons. The summed E-state index contributed by atoms with van der Waals surface area (Å²) in [5, 5.41) is 11.1. The van der Waals surface area contributed by atoms with Crippen molar-refractivity contribution < 1.29 is 23.8 Å². The molecule has 4 rings (SSSR count). The summed E-state index contributed by atoms with van der Waals surface area (Å²) in [5.41, 5.74) is 1.88. The topological polar surface area (TPSA) is 92.6 Å². The third-order valence-electron chi connectivity index (χ3n) is 5.43. The van der Waals surface area contributed by atoms with Gasteiger partial charge in [0.2, 0.25) is 5.91 Å². The second-order valence-electron chi connectivity index (χ2n) is 7.65. The fourth-order valence-electron chi connectivity index (χ4n) is 3.71. The van der Waals surface area contributed by atoms with Crippen LogP contribution in [0.15, 0.2) is 42.7 Å². The van der Waals surface area contributed by atoms with E-state index < -0.39 is 5.97 Å². The summed E-state index contributed by atoms with van der Waals surface area (Å²) in [6.45, 7) is 2.58. The SMILES string of the molecule is CC(=O)N1CCC(OC(=O)c2ncc3cc(Cc4ccc(F)cc4)cnc3c2O)CC1. The quantitative estimate of drug-likeness (QED) is 0.648. The molecule has 7 nitrogen and oxygen atoms in total. The largest absolute Gasteiger partial charge is 0.504 e. The van der Waals surface area contributed by atoms with E-state index in [4.69, 9.17) is 4.74 Å². The highest BCUT2D eigenvalue weighted by atomic mass is 19.1. The summed E-state index contributed by atoms with van der Waals surface area (Å²) in [7, 11) is 0. The van der Waals surface area contributed by atoms with Gasteiger partial charge in [0, 0.05) is 50.6 Å². The molecule has 0 unspecified atom stereocenters. The Balaban J connectivity index is 1.48. The summed E-state index contributed by atoms with van der Waals surface area (Å²) in [4.78, 5) is 34.1. The average Bonchev–Trinajstić information content (AvgIpc) is 2.76. The number of hydrogen-bond acceptors (Lipinski definition) is 6. The van der Waals surface area contributed by atoms with E-state index in [9.17, 15) is 19.1 Å². The van der Waals surface area contributed by atoms with Gasteiger partial charge in [-0.1, -0.05) is 12.1 Å². The number of rotatable bonds is 4. The molecule has 1 N–H and O–H groups in total. The van der Waals surface area contributed by atoms with Crippen LogP contribution in [0.2, 0.25) is 0 Å². The molecule has 0 saturated carbocycles. The van der Waals surface area contributed by atoms with E-state index in [0.29, 0.717) is 37.7 Å². The Morgan fingerprint density at radius 3 is 2.52 bits per heavy atom. The van der Waals surface area contributed by atoms with Crippen molar-refractivity contribution in [3.05, 3.63) is 65.4 Å². The van der Waals surface area contributed by atoms with Gasteiger partial charge in [0.05, 0.1) is 0 Å². The van der Waals surface area contributed by atoms with Crippen LogP contribution in [-0.2, 0) is 16.0 Å². The normalized spacial score (nSPS) is 14.6. The molecule has 31 heavy (non-hydrogen) atoms. The highest BCUT2D eigenvalue weighted by Gasteiger charge is 2.26. The average molecular weight is 423 g/mol. The molecule has 0 bridgehead atoms. The van der Waals surface area contributed by atoms with Crippen LogP contribution < -0.4 is 0 Å². The van der Waals surface area contributed by atoms with Gasteiger partial charge in [-0.15, -0.1) is 0 Å². The Kier molecular flexibility index (Phi) is 5.79. The van der Waals surface area contributed by atoms with Gasteiger partial charge in [0.25, 0.3) is 0 Å². The smallest absolute Gasteiger partial charge is 0.361 e. The van der Waals surface area contributed by atoms with Gasteiger partial charge in [-0.25, -0.2) is 14.2 Å². The summed E-state index contributed by atoms with van der Waals surface area (Å²) >= 11 is 0. The number of amides is 1. The molecule has 1 aliphatic heterocycles. The molecule has 1 aromatic carbocycles. The monoisotopic (exact) mass is 423 g/mol. The number of aromatic nitrogens is 2. The number of benzene rings is 1. The first-order valence-electron chi connectivity index (χ1n) is 10.1. The number of pyridine rings is 2. The molecule has 0 spiro atoms. The van der Waals surface area contributed by atoms with Gasteiger partial charge in [-0.05, 0) is 35.7 Å². The number of fused-ring (bicyclic) bond motifs is 1. The van der Waals surface area contributed by atoms with Crippen molar-refractivity contribution in [3.63, 3.8) is 0 Å². The third kappa shape index (κ3) is 4.63. The van der Waals surface area contributed by atoms with Gasteiger partial charge < -0.3 is 14.7 Å². The first-order valence-corrected chi connectivity index (χ1v) is 10.1. The molecule has 3 aromatic rings. The molecule has 3 heterocycles. The Bertz CT molecular complexity index is 1130. The first-order chi connectivity index (χ1) is 14.9. The molecule has 1 aliphatic rings. The summed E-state index contributed by atoms with van der Waals surface area (Å²) < 4.78 is 18.6. The molecule has 8 heteroatoms. The summed E-state index contributed by atoms with van der Waals surface area (Å²) in [6.07, 6.45) is 4.40. The van der Waals surface area contributed by atoms with E-state index in [0.717, 1.165) is 11.1 Å². The second kappa shape index (κ2) is 8.67. The van der Waals surface area contributed by atoms with Gasteiger partial charge in [-0.2, -0.15) is 0 Å². The van der Waals surface area contributed by atoms with Crippen LogP contribution in [0.4, 0.5) is 4.39 Å². The van der Waals surface area contributed by atoms with Crippen LogP contribution in [0, 0.1) is 5.82 Å². The van der Waals surface area contributed by atoms with E-state index in [1.54, 1.807) is 23.2 Å². The number of carbonyl (C=O) groups is 2. The van der Waals surface area contributed by atoms with Crippen LogP contribution in [0.5, 0.6) is 5.75 Å². The minimum Gasteiger partial charge on any atom is -0.504 e. The van der Waals surface area contributed by atoms with Crippen molar-refractivity contribution in [2.45, 2.75) is 32.3 Å². The molecular formula is C23H22FN3O4. The molecule has 0 atom stereocenters. The van der Waals surface area contributed by atoms with Crippen LogP contribution in [-0.4, -0.2) is 51.0 Å². The number of hydrogen-bond donors (Lipinski definition) is 1. The predicted molar refractivity (Wildman–Crippen MR) is 111 cm³/mol. The third-order valence-corrected chi connectivity index (χ3v) is 5.43. The maximum atomic E-state index is 13.1. The molecule has 1 fully saturated rings. The summed E-state index contributed by atoms with van der Waals surface area (Å²) in [6, 6.07) is 8.04. The van der Waals surface area contributed by atoms with Gasteiger partial charge in [-0.3, -0.25) is 9.78 Å². The fraction of sp³-hybridized carbons (Fsp3) is 0.304. The van der Waals surface area contributed by atoms with Gasteiger partial charge in [0.15, 0.2) is 11.4 Å². The van der Waals surface area contributed by atoms with Crippen molar-refractivity contribution >= 4 is 22.8 Å². The number of likely N-dealkylation sites (tertiary alicyclic amines) is 1. The van der Waals surface area contributed by atoms with E-state index in [-0.39, 0.29) is 34.8 Å². The number of esters is 1. The predicted octanol–water partition coefficient (Wildman–Crippen LogP) is 3.23. The lowest BCUT2D eigenvalue weighted by molar-refractivity contribution is -0.130. The lowest BCUT2D eigenvalue weighted by Gasteiger charge is -2.30. The standard InChI is InChI=1S/C23H22FN3O4/c1-14(28)27-8-6-19(7-9-27)31-23(30)21-22(29)20-17(13-26-21)11-16(12-25-20)10-15-2-4-18(24)5-3-15/h2-5,11-13,19,29H,6-10H2,1H3. The van der Waals surface area contributed by atoms with Crippen molar-refractivity contribution in [2.24, 2.45) is 0 Å². The molecule has 1 amide bonds. The van der Waals surface area contributed by atoms with Crippen LogP contribution in [0.1, 0.15) is 41.4 Å². The molecule has 160 valence electrons. The zero-order valence-electron chi connectivity index (χ0n) is 17.0. The minimum absolute atomic E-state index is 0.00323. The lowest BCUT2D eigenvalue weighted by atomic mass is 10.0. The number of halogens is 1. The molecular weight excluding hydrogens is 401 g/mol. The second-order valence-corrected chi connectivity index (χ2v) is 7.65. The van der Waals surface area contributed by atoms with Crippen LogP contribution >= 0.6 is 0 Å². The fourth-order valence-corrected chi connectivity index (χ4v) is 3.71. The van der Waals surface area contributed by atoms with Gasteiger partial charge in [0.1, 0.15) is 17.4 Å². The highest BCUT2D eigenvalue weighted by Crippen LogP contribution is 2.27. The van der Waals surface area contributed by atoms with Crippen molar-refractivity contribution in [3.8, 4) is 5.75 Å². The van der Waals surface area contributed by atoms with Crippen molar-refractivity contribution in [1.82, 2.24) is 14.9 Å². The maximum absolute atomic E-state index is 13.1. The lowest BCUT2D eigenvalue weighted by Crippen LogP contribution is -2.40. The molecule has 0 aliphatic carbocycles. The van der Waals surface area contributed by atoms with Crippen molar-refractivity contribution in [1.29, 1.82) is 0 Å². The van der Waals surface area contributed by atoms with Crippen LogP contribution in [0.25, 0.3) is 10.9 Å². The van der Waals surface area contributed by atoms with E-state index >= 15 is 0 Å². The number of nitrogens with zero attached hydrogens (tertiary/aromatic N) is 3. The maximum Gasteiger partial charge on any atom is 0.361 e. The summed E-state index contributed by atoms with van der Waals surface area (Å²) in [5.74, 6) is -1.32. The molecule has 1 saturated heterocycles. The first kappa shape index (κ1) is 20.7. The number of carbonyl (C=O) groups excluding carboxylic acids is 2.